The van der Waals surface area contributed by atoms with Gasteiger partial charge in [0, 0.05) is 13.8 Å². The van der Waals surface area contributed by atoms with Gasteiger partial charge in [-0.2, -0.15) is 0 Å². The summed E-state index contributed by atoms with van der Waals surface area (Å²) in [6.07, 6.45) is 9.90. The number of aryl methyl sites for hydroxylation is 1. The second-order valence-electron chi connectivity index (χ2n) is 19.6. The van der Waals surface area contributed by atoms with Gasteiger partial charge in [0.05, 0.1) is 22.8 Å². The molecule has 2 unspecified atom stereocenters. The summed E-state index contributed by atoms with van der Waals surface area (Å²) in [5.41, 5.74) is 2.96. The van der Waals surface area contributed by atoms with E-state index < -0.39 is 46.1 Å². The summed E-state index contributed by atoms with van der Waals surface area (Å²) in [6, 6.07) is 8.14. The molecule has 6 aliphatic rings. The number of fused-ring (bicyclic) bond motifs is 7. The summed E-state index contributed by atoms with van der Waals surface area (Å²) >= 11 is 0. The maximum absolute atomic E-state index is 14.6. The number of carbonyl (C=O) groups is 5. The summed E-state index contributed by atoms with van der Waals surface area (Å²) in [6.45, 7) is 26.7. The maximum atomic E-state index is 14.6. The van der Waals surface area contributed by atoms with E-state index in [0.717, 1.165) is 72.8 Å². The highest BCUT2D eigenvalue weighted by atomic mass is 16.5. The molecule has 8 heteroatoms. The molecule has 320 valence electrons. The number of allylic oxidation sites excluding steroid dienone is 4. The topological polar surface area (TPSA) is 127 Å². The number of aliphatic carboxylic acids is 1. The molecule has 58 heavy (non-hydrogen) atoms. The minimum absolute atomic E-state index is 0. The van der Waals surface area contributed by atoms with Gasteiger partial charge in [-0.05, 0) is 129 Å². The first-order valence-corrected chi connectivity index (χ1v) is 22.2. The normalized spacial score (nSPS) is 31.8. The van der Waals surface area contributed by atoms with Crippen molar-refractivity contribution in [3.63, 3.8) is 0 Å². The van der Waals surface area contributed by atoms with Crippen molar-refractivity contribution in [2.45, 2.75) is 165 Å². The molecule has 7 rings (SSSR count). The fourth-order valence-corrected chi connectivity index (χ4v) is 11.8. The highest BCUT2D eigenvalue weighted by Gasteiger charge is 2.64. The number of carbonyl (C=O) groups excluding carboxylic acids is 4. The molecule has 1 amide bonds. The van der Waals surface area contributed by atoms with Crippen LogP contribution in [0.15, 0.2) is 59.2 Å². The Morgan fingerprint density at radius 3 is 2.17 bits per heavy atom. The highest BCUT2D eigenvalue weighted by Crippen LogP contribution is 2.70. The molecule has 0 radical (unpaired) electrons. The van der Waals surface area contributed by atoms with Crippen LogP contribution in [0.1, 0.15) is 159 Å². The molecule has 0 spiro atoms. The quantitative estimate of drug-likeness (QED) is 0.145. The Kier molecular flexibility index (Phi) is 13.0. The monoisotopic (exact) mass is 800 g/mol. The number of esters is 1. The molecule has 6 aliphatic carbocycles. The lowest BCUT2D eigenvalue weighted by Crippen LogP contribution is -2.57. The van der Waals surface area contributed by atoms with Gasteiger partial charge >= 0.3 is 11.9 Å². The minimum Gasteiger partial charge on any atom is -0.481 e. The van der Waals surface area contributed by atoms with Crippen molar-refractivity contribution in [2.75, 3.05) is 0 Å². The Morgan fingerprint density at radius 1 is 0.983 bits per heavy atom. The Hall–Kier alpha value is -3.81. The number of ketones is 2. The zero-order chi connectivity index (χ0) is 43.2. The fraction of sp³-hybridized carbons (Fsp3) is 0.660. The van der Waals surface area contributed by atoms with Crippen LogP contribution >= 0.6 is 0 Å². The Labute approximate surface area is 349 Å². The number of carboxylic acid groups (broad SMARTS) is 1. The van der Waals surface area contributed by atoms with Crippen LogP contribution in [0.5, 0.6) is 0 Å². The summed E-state index contributed by atoms with van der Waals surface area (Å²) in [4.78, 5) is 67.2. The van der Waals surface area contributed by atoms with Crippen LogP contribution in [0.3, 0.4) is 0 Å². The average Bonchev–Trinajstić information content (AvgIpc) is 3.86. The van der Waals surface area contributed by atoms with Gasteiger partial charge in [-0.3, -0.25) is 24.0 Å². The van der Waals surface area contributed by atoms with Gasteiger partial charge in [0.15, 0.2) is 5.78 Å². The molecule has 0 aromatic heterocycles. The van der Waals surface area contributed by atoms with Crippen molar-refractivity contribution in [1.82, 2.24) is 5.32 Å². The van der Waals surface area contributed by atoms with Crippen LogP contribution in [0.4, 0.5) is 0 Å². The Balaban J connectivity index is 0.00000123. The van der Waals surface area contributed by atoms with E-state index in [1.807, 2.05) is 58.9 Å². The molecular weight excluding hydrogens is 727 g/mol. The first-order valence-electron chi connectivity index (χ1n) is 22.2. The van der Waals surface area contributed by atoms with Crippen molar-refractivity contribution < 1.29 is 35.2 Å². The molecule has 1 aromatic carbocycles. The van der Waals surface area contributed by atoms with E-state index in [0.29, 0.717) is 18.8 Å². The highest BCUT2D eigenvalue weighted by molar-refractivity contribution is 6.40. The smallest absolute Gasteiger partial charge is 0.309 e. The largest absolute Gasteiger partial charge is 0.481 e. The number of rotatable bonds is 9. The molecule has 0 heterocycles. The van der Waals surface area contributed by atoms with Crippen molar-refractivity contribution in [3.05, 3.63) is 70.3 Å². The number of hydrogen-bond donors (Lipinski definition) is 2. The van der Waals surface area contributed by atoms with E-state index in [1.165, 1.54) is 25.8 Å². The van der Waals surface area contributed by atoms with Gasteiger partial charge in [0.2, 0.25) is 5.78 Å². The number of amides is 1. The second kappa shape index (κ2) is 16.7. The number of benzene rings is 1. The van der Waals surface area contributed by atoms with Crippen LogP contribution in [-0.2, 0) is 34.2 Å². The number of nitrogens with one attached hydrogen (secondary N) is 1. The third-order valence-electron chi connectivity index (χ3n) is 14.9. The van der Waals surface area contributed by atoms with E-state index in [1.54, 1.807) is 0 Å². The maximum Gasteiger partial charge on any atom is 0.309 e. The van der Waals surface area contributed by atoms with Crippen molar-refractivity contribution in [1.29, 1.82) is 0 Å². The lowest BCUT2D eigenvalue weighted by molar-refractivity contribution is -0.161. The Bertz CT molecular complexity index is 1890. The molecule has 8 nitrogen and oxygen atoms in total. The molecule has 0 saturated heterocycles. The standard InChI is InChI=1S/C45H57NO7.C3H8.C2H6.H2/c1-25(2)36-32(47)23-44(38(49)39(50)46-45(21-22-45)28-11-9-26(3)10-12-28)20-16-31-29(37(36)44)13-14-34-42(7)19-17-33(27(4)30(42)15-18-43(31,34)8)53-35(48)24-41(5,6)40(51)52;1-3-2;1-2;/h9-12,16,25,29-30,33-34H,4,13-15,17-24H2,1-3,5-8H3,(H,46,50)(H,51,52);3H2,1-2H3;1-2H3;1H/t29-,30-,33?,34+,42-,43-,44?;;;/m0.../s1. The van der Waals surface area contributed by atoms with Crippen molar-refractivity contribution in [3.8, 4) is 0 Å². The number of ether oxygens (including phenoxy) is 1. The summed E-state index contributed by atoms with van der Waals surface area (Å²) in [5.74, 6) is -2.21. The van der Waals surface area contributed by atoms with E-state index in [4.69, 9.17) is 4.74 Å². The number of carboxylic acids is 1. The van der Waals surface area contributed by atoms with Crippen LogP contribution in [0.25, 0.3) is 0 Å². The van der Waals surface area contributed by atoms with Crippen molar-refractivity contribution >= 4 is 29.4 Å². The van der Waals surface area contributed by atoms with Gasteiger partial charge in [-0.1, -0.05) is 110 Å². The van der Waals surface area contributed by atoms with Crippen molar-refractivity contribution in [2.24, 2.45) is 45.3 Å². The van der Waals surface area contributed by atoms with Crippen LogP contribution < -0.4 is 5.32 Å². The molecule has 4 fully saturated rings. The van der Waals surface area contributed by atoms with Gasteiger partial charge in [-0.25, -0.2) is 0 Å². The molecule has 0 bridgehead atoms. The SMILES string of the molecule is C=C1C(OC(=O)CC(C)(C)C(=O)O)CC[C@]2(C)[C@H]3CC[C@H]4C(=CCC5(C(=O)C(=O)NC6(c7ccc(C)cc7)CC6)CC(=O)C(C(C)C)=C45)[C@]3(C)CC[C@@H]12.CC.CCC.[HH]. The summed E-state index contributed by atoms with van der Waals surface area (Å²) in [5, 5.41) is 12.7. The summed E-state index contributed by atoms with van der Waals surface area (Å²) < 4.78 is 5.92. The third-order valence-corrected chi connectivity index (χ3v) is 14.9. The number of Topliss-reactive ketones (excluding diaryl/α,β-unsaturated/α-hetero) is 2. The molecular formula is C50H73NO7. The second-order valence-corrected chi connectivity index (χ2v) is 19.6. The molecule has 7 atom stereocenters. The first kappa shape index (κ1) is 45.3. The van der Waals surface area contributed by atoms with Gasteiger partial charge < -0.3 is 15.2 Å². The van der Waals surface area contributed by atoms with E-state index in [9.17, 15) is 29.1 Å². The lowest BCUT2D eigenvalue weighted by atomic mass is 9.40. The molecule has 0 aliphatic heterocycles. The van der Waals surface area contributed by atoms with Gasteiger partial charge in [-0.15, -0.1) is 0 Å². The molecule has 2 N–H and O–H groups in total. The van der Waals surface area contributed by atoms with Crippen LogP contribution in [-0.4, -0.2) is 40.6 Å². The van der Waals surface area contributed by atoms with Gasteiger partial charge in [0.25, 0.3) is 5.91 Å². The third kappa shape index (κ3) is 7.71. The zero-order valence-corrected chi connectivity index (χ0v) is 37.4. The predicted molar refractivity (Wildman–Crippen MR) is 231 cm³/mol. The van der Waals surface area contributed by atoms with Crippen LogP contribution in [0, 0.1) is 52.3 Å². The zero-order valence-electron chi connectivity index (χ0n) is 37.4. The first-order chi connectivity index (χ1) is 27.2. The number of hydrogen-bond acceptors (Lipinski definition) is 6. The average molecular weight is 800 g/mol. The van der Waals surface area contributed by atoms with E-state index in [2.05, 4.69) is 45.7 Å². The van der Waals surface area contributed by atoms with E-state index in [-0.39, 0.29) is 48.6 Å². The minimum atomic E-state index is -1.21. The molecule has 1 aromatic rings. The van der Waals surface area contributed by atoms with Crippen LogP contribution in [0.2, 0.25) is 0 Å². The lowest BCUT2D eigenvalue weighted by Gasteiger charge is -2.64. The molecule has 4 saturated carbocycles. The van der Waals surface area contributed by atoms with Gasteiger partial charge in [0.1, 0.15) is 6.10 Å². The fourth-order valence-electron chi connectivity index (χ4n) is 11.8. The summed E-state index contributed by atoms with van der Waals surface area (Å²) in [7, 11) is 0. The predicted octanol–water partition coefficient (Wildman–Crippen LogP) is 10.8. The Morgan fingerprint density at radius 2 is 1.60 bits per heavy atom. The van der Waals surface area contributed by atoms with E-state index >= 15 is 0 Å².